The number of benzene rings is 3. The molecule has 2 N–H and O–H groups in total. The maximum atomic E-state index is 16.5. The lowest BCUT2D eigenvalue weighted by atomic mass is 9.98. The second-order valence-corrected chi connectivity index (χ2v) is 16.1. The normalized spacial score (nSPS) is 16.9. The van der Waals surface area contributed by atoms with Gasteiger partial charge in [0.15, 0.2) is 6.04 Å². The van der Waals surface area contributed by atoms with Gasteiger partial charge < -0.3 is 24.4 Å². The molecular weight excluding hydrogens is 680 g/mol. The van der Waals surface area contributed by atoms with Crippen LogP contribution in [0, 0.1) is 0 Å². The first-order valence-corrected chi connectivity index (χ1v) is 19.3. The van der Waals surface area contributed by atoms with Crippen LogP contribution in [0.25, 0.3) is 10.8 Å². The van der Waals surface area contributed by atoms with E-state index in [1.165, 1.54) is 29.2 Å². The summed E-state index contributed by atoms with van der Waals surface area (Å²) >= 11 is 0. The minimum atomic E-state index is -4.63. The molecular formula is C38H49F2N3O7S. The molecule has 2 amide bonds. The van der Waals surface area contributed by atoms with E-state index in [1.807, 2.05) is 13.0 Å². The molecule has 1 saturated carbocycles. The van der Waals surface area contributed by atoms with E-state index in [0.717, 1.165) is 56.0 Å². The highest BCUT2D eigenvalue weighted by Crippen LogP contribution is 2.36. The van der Waals surface area contributed by atoms with Crippen molar-refractivity contribution < 1.29 is 41.0 Å². The number of piperidine rings is 1. The Morgan fingerprint density at radius 1 is 0.902 bits per heavy atom. The number of carbonyl (C=O) groups excluding carboxylic acids is 2. The van der Waals surface area contributed by atoms with Gasteiger partial charge in [-0.15, -0.1) is 0 Å². The van der Waals surface area contributed by atoms with Crippen LogP contribution in [0.4, 0.5) is 13.6 Å². The number of hydrogen-bond donors (Lipinski definition) is 2. The molecule has 2 fully saturated rings. The molecule has 0 bridgehead atoms. The van der Waals surface area contributed by atoms with Crippen LogP contribution in [0.5, 0.6) is 11.5 Å². The molecule has 1 atom stereocenters. The number of nitrogens with one attached hydrogen (secondary N) is 2. The third-order valence-corrected chi connectivity index (χ3v) is 10.5. The van der Waals surface area contributed by atoms with Crippen molar-refractivity contribution in [1.82, 2.24) is 14.9 Å². The van der Waals surface area contributed by atoms with E-state index in [9.17, 15) is 18.0 Å². The van der Waals surface area contributed by atoms with Crippen LogP contribution in [0.2, 0.25) is 0 Å². The second kappa shape index (κ2) is 16.1. The van der Waals surface area contributed by atoms with Crippen molar-refractivity contribution in [3.8, 4) is 11.5 Å². The van der Waals surface area contributed by atoms with Gasteiger partial charge in [-0.2, -0.15) is 13.5 Å². The smallest absolute Gasteiger partial charge is 0.407 e. The molecule has 1 aliphatic carbocycles. The Hall–Kier alpha value is -3.97. The van der Waals surface area contributed by atoms with E-state index in [4.69, 9.17) is 14.2 Å². The molecule has 5 rings (SSSR count). The monoisotopic (exact) mass is 729 g/mol. The van der Waals surface area contributed by atoms with Crippen molar-refractivity contribution in [3.63, 3.8) is 0 Å². The summed E-state index contributed by atoms with van der Waals surface area (Å²) in [6.45, 7) is 7.70. The molecule has 0 radical (unpaired) electrons. The average Bonchev–Trinajstić information content (AvgIpc) is 3.59. The largest absolute Gasteiger partial charge is 0.494 e. The highest BCUT2D eigenvalue weighted by atomic mass is 32.2. The lowest BCUT2D eigenvalue weighted by Crippen LogP contribution is -2.58. The van der Waals surface area contributed by atoms with Gasteiger partial charge in [-0.1, -0.05) is 25.5 Å². The first kappa shape index (κ1) is 38.3. The summed E-state index contributed by atoms with van der Waals surface area (Å²) in [5, 5.41) is 4.06. The van der Waals surface area contributed by atoms with Crippen LogP contribution < -0.4 is 19.5 Å². The van der Waals surface area contributed by atoms with Gasteiger partial charge in [0.25, 0.3) is 5.92 Å². The van der Waals surface area contributed by atoms with Gasteiger partial charge in [0.1, 0.15) is 17.1 Å². The Bertz CT molecular complexity index is 1770. The number of carbonyl (C=O) groups is 2. The molecule has 0 spiro atoms. The zero-order chi connectivity index (χ0) is 36.8. The standard InChI is InChI=1S/C38H49F2N3O7S/c1-5-6-23-48-30-16-13-28(14-17-30)38(39,40)34(35(44)43-21-19-29(20-22-43)41-36(45)50-37(2,3)4)42-51(46,47)33-18-12-26-24-32(15-11-27(26)25-33)49-31-9-7-8-10-31/h11-18,24-25,29,31,34,42H,5-10,19-23H2,1-4H3,(H,41,45). The summed E-state index contributed by atoms with van der Waals surface area (Å²) in [5.74, 6) is -3.95. The van der Waals surface area contributed by atoms with Crippen molar-refractivity contribution in [3.05, 3.63) is 66.2 Å². The van der Waals surface area contributed by atoms with Gasteiger partial charge in [-0.3, -0.25) is 4.79 Å². The maximum absolute atomic E-state index is 16.5. The minimum Gasteiger partial charge on any atom is -0.494 e. The van der Waals surface area contributed by atoms with Crippen LogP contribution in [0.1, 0.15) is 84.6 Å². The van der Waals surface area contributed by atoms with E-state index in [1.54, 1.807) is 39.0 Å². The number of nitrogens with zero attached hydrogens (tertiary/aromatic N) is 1. The zero-order valence-corrected chi connectivity index (χ0v) is 30.6. The SMILES string of the molecule is CCCCOc1ccc(C(F)(F)C(NS(=O)(=O)c2ccc3cc(OC4CCCC4)ccc3c2)C(=O)N2CCC(NC(=O)OC(C)(C)C)CC2)cc1. The number of fused-ring (bicyclic) bond motifs is 1. The summed E-state index contributed by atoms with van der Waals surface area (Å²) in [6.07, 6.45) is 6.01. The molecule has 278 valence electrons. The van der Waals surface area contributed by atoms with E-state index < -0.39 is 45.2 Å². The van der Waals surface area contributed by atoms with Crippen LogP contribution in [-0.4, -0.2) is 68.8 Å². The number of unbranched alkanes of at least 4 members (excludes halogenated alkanes) is 1. The predicted octanol–water partition coefficient (Wildman–Crippen LogP) is 7.29. The van der Waals surface area contributed by atoms with Crippen LogP contribution >= 0.6 is 0 Å². The molecule has 1 aliphatic heterocycles. The van der Waals surface area contributed by atoms with E-state index >= 15 is 8.78 Å². The summed E-state index contributed by atoms with van der Waals surface area (Å²) in [7, 11) is -4.63. The van der Waals surface area contributed by atoms with Crippen molar-refractivity contribution in [2.75, 3.05) is 19.7 Å². The lowest BCUT2D eigenvalue weighted by Gasteiger charge is -2.36. The van der Waals surface area contributed by atoms with Crippen LogP contribution in [0.15, 0.2) is 65.6 Å². The fourth-order valence-electron chi connectivity index (χ4n) is 6.32. The molecule has 1 saturated heterocycles. The summed E-state index contributed by atoms with van der Waals surface area (Å²) < 4.78 is 79.7. The molecule has 13 heteroatoms. The van der Waals surface area contributed by atoms with E-state index in [-0.39, 0.29) is 43.0 Å². The molecule has 1 unspecified atom stereocenters. The number of sulfonamides is 1. The Kier molecular flexibility index (Phi) is 12.1. The molecule has 3 aromatic rings. The number of hydrogen-bond acceptors (Lipinski definition) is 7. The lowest BCUT2D eigenvalue weighted by molar-refractivity contribution is -0.145. The first-order valence-electron chi connectivity index (χ1n) is 17.8. The number of alkyl halides is 2. The van der Waals surface area contributed by atoms with Gasteiger partial charge in [0, 0.05) is 24.7 Å². The Labute approximate surface area is 299 Å². The van der Waals surface area contributed by atoms with Gasteiger partial charge in [0.2, 0.25) is 15.9 Å². The van der Waals surface area contributed by atoms with Crippen molar-refractivity contribution in [2.45, 2.75) is 114 Å². The molecule has 10 nitrogen and oxygen atoms in total. The fraction of sp³-hybridized carbons (Fsp3) is 0.526. The molecule has 1 heterocycles. The highest BCUT2D eigenvalue weighted by molar-refractivity contribution is 7.89. The fourth-order valence-corrected chi connectivity index (χ4v) is 7.54. The zero-order valence-electron chi connectivity index (χ0n) is 29.8. The van der Waals surface area contributed by atoms with Gasteiger partial charge >= 0.3 is 6.09 Å². The number of likely N-dealkylation sites (tertiary alicyclic amines) is 1. The number of ether oxygens (including phenoxy) is 3. The van der Waals surface area contributed by atoms with Gasteiger partial charge in [-0.25, -0.2) is 13.2 Å². The summed E-state index contributed by atoms with van der Waals surface area (Å²) in [5.41, 5.74) is -1.24. The molecule has 0 aromatic heterocycles. The molecule has 3 aromatic carbocycles. The predicted molar refractivity (Wildman–Crippen MR) is 191 cm³/mol. The number of halogens is 2. The van der Waals surface area contributed by atoms with Crippen LogP contribution in [-0.2, 0) is 25.5 Å². The maximum Gasteiger partial charge on any atom is 0.407 e. The molecule has 51 heavy (non-hydrogen) atoms. The van der Waals surface area contributed by atoms with Gasteiger partial charge in [0.05, 0.1) is 17.6 Å². The van der Waals surface area contributed by atoms with Crippen molar-refractivity contribution in [2.24, 2.45) is 0 Å². The van der Waals surface area contributed by atoms with E-state index in [0.29, 0.717) is 23.5 Å². The topological polar surface area (TPSA) is 123 Å². The summed E-state index contributed by atoms with van der Waals surface area (Å²) in [4.78, 5) is 27.2. The number of rotatable bonds is 13. The van der Waals surface area contributed by atoms with Crippen LogP contribution in [0.3, 0.4) is 0 Å². The number of amides is 2. The third kappa shape index (κ3) is 10.1. The minimum absolute atomic E-state index is 0.0268. The highest BCUT2D eigenvalue weighted by Gasteiger charge is 2.50. The number of alkyl carbamates (subject to hydrolysis) is 1. The Morgan fingerprint density at radius 3 is 2.18 bits per heavy atom. The van der Waals surface area contributed by atoms with Gasteiger partial charge in [-0.05, 0) is 125 Å². The Balaban J connectivity index is 1.37. The third-order valence-electron chi connectivity index (χ3n) is 9.11. The first-order chi connectivity index (χ1) is 24.1. The van der Waals surface area contributed by atoms with E-state index in [2.05, 4.69) is 10.0 Å². The van der Waals surface area contributed by atoms with Crippen molar-refractivity contribution >= 4 is 32.8 Å². The summed E-state index contributed by atoms with van der Waals surface area (Å²) in [6, 6.07) is 11.9. The quantitative estimate of drug-likeness (QED) is 0.177. The Morgan fingerprint density at radius 2 is 1.53 bits per heavy atom. The molecule has 2 aliphatic rings. The average molecular weight is 730 g/mol. The second-order valence-electron chi connectivity index (χ2n) is 14.3. The van der Waals surface area contributed by atoms with Crippen molar-refractivity contribution in [1.29, 1.82) is 0 Å².